The van der Waals surface area contributed by atoms with E-state index >= 15 is 0 Å². The quantitative estimate of drug-likeness (QED) is 0.849. The van der Waals surface area contributed by atoms with Gasteiger partial charge in [-0.15, -0.1) is 0 Å². The average molecular weight is 312 g/mol. The Hall–Kier alpha value is -0.950. The third-order valence-corrected chi connectivity index (χ3v) is 5.38. The summed E-state index contributed by atoms with van der Waals surface area (Å²) in [5, 5.41) is 8.99. The number of piperidine rings is 1. The number of sulfonamides is 1. The van der Waals surface area contributed by atoms with Gasteiger partial charge in [0, 0.05) is 12.6 Å². The van der Waals surface area contributed by atoms with Crippen molar-refractivity contribution < 1.29 is 13.5 Å². The molecule has 21 heavy (non-hydrogen) atoms. The smallest absolute Gasteiger partial charge is 0.216 e. The normalized spacial score (nSPS) is 24.1. The summed E-state index contributed by atoms with van der Waals surface area (Å²) in [7, 11) is -1.28. The standard InChI is InChI=1S/C15H24N2O3S/c1-12-9-17(2)8-7-15(12)16-21(19,20)11-14-5-3-13(10-18)4-6-14/h3-6,12,15-16,18H,7-11H2,1-2H3. The van der Waals surface area contributed by atoms with Crippen LogP contribution in [0, 0.1) is 5.92 Å². The molecule has 5 nitrogen and oxygen atoms in total. The van der Waals surface area contributed by atoms with Gasteiger partial charge < -0.3 is 10.0 Å². The van der Waals surface area contributed by atoms with Crippen LogP contribution < -0.4 is 4.72 Å². The second-order valence-corrected chi connectivity index (χ2v) is 7.74. The molecule has 6 heteroatoms. The maximum absolute atomic E-state index is 12.3. The van der Waals surface area contributed by atoms with Gasteiger partial charge in [0.05, 0.1) is 12.4 Å². The average Bonchev–Trinajstić information content (AvgIpc) is 2.42. The Labute approximate surface area is 127 Å². The number of likely N-dealkylation sites (tertiary alicyclic amines) is 1. The molecule has 2 rings (SSSR count). The van der Waals surface area contributed by atoms with Crippen LogP contribution in [-0.2, 0) is 22.4 Å². The van der Waals surface area contributed by atoms with E-state index < -0.39 is 10.0 Å². The molecule has 1 saturated heterocycles. The van der Waals surface area contributed by atoms with Crippen LogP contribution in [0.4, 0.5) is 0 Å². The number of hydrogen-bond donors (Lipinski definition) is 2. The molecule has 118 valence electrons. The molecule has 1 aromatic rings. The first-order valence-corrected chi connectivity index (χ1v) is 8.92. The van der Waals surface area contributed by atoms with E-state index in [0.717, 1.165) is 30.6 Å². The van der Waals surface area contributed by atoms with Crippen LogP contribution in [0.1, 0.15) is 24.5 Å². The fourth-order valence-corrected chi connectivity index (χ4v) is 4.29. The first-order valence-electron chi connectivity index (χ1n) is 7.27. The zero-order valence-corrected chi connectivity index (χ0v) is 13.4. The molecule has 0 aromatic heterocycles. The van der Waals surface area contributed by atoms with Gasteiger partial charge in [0.15, 0.2) is 0 Å². The number of benzene rings is 1. The summed E-state index contributed by atoms with van der Waals surface area (Å²) in [6.07, 6.45) is 0.848. The van der Waals surface area contributed by atoms with E-state index in [2.05, 4.69) is 23.6 Å². The third-order valence-electron chi connectivity index (χ3n) is 4.00. The molecule has 1 aromatic carbocycles. The SMILES string of the molecule is CC1CN(C)CCC1NS(=O)(=O)Cc1ccc(CO)cc1. The van der Waals surface area contributed by atoms with Crippen LogP contribution in [0.3, 0.4) is 0 Å². The number of rotatable bonds is 5. The Morgan fingerprint density at radius 1 is 1.29 bits per heavy atom. The summed E-state index contributed by atoms with van der Waals surface area (Å²) in [5.41, 5.74) is 1.52. The monoisotopic (exact) mass is 312 g/mol. The van der Waals surface area contributed by atoms with E-state index in [0.29, 0.717) is 5.92 Å². The summed E-state index contributed by atoms with van der Waals surface area (Å²) in [6.45, 7) is 3.89. The highest BCUT2D eigenvalue weighted by atomic mass is 32.2. The zero-order chi connectivity index (χ0) is 15.5. The summed E-state index contributed by atoms with van der Waals surface area (Å²) in [5.74, 6) is 0.299. The van der Waals surface area contributed by atoms with Gasteiger partial charge in [-0.3, -0.25) is 0 Å². The minimum Gasteiger partial charge on any atom is -0.392 e. The highest BCUT2D eigenvalue weighted by molar-refractivity contribution is 7.88. The van der Waals surface area contributed by atoms with Crippen LogP contribution in [0.25, 0.3) is 0 Å². The lowest BCUT2D eigenvalue weighted by molar-refractivity contribution is 0.188. The molecule has 1 heterocycles. The Morgan fingerprint density at radius 2 is 1.90 bits per heavy atom. The molecule has 2 N–H and O–H groups in total. The van der Waals surface area contributed by atoms with E-state index in [1.54, 1.807) is 24.3 Å². The van der Waals surface area contributed by atoms with Crippen LogP contribution >= 0.6 is 0 Å². The van der Waals surface area contributed by atoms with Gasteiger partial charge in [-0.1, -0.05) is 31.2 Å². The molecule has 0 radical (unpaired) electrons. The van der Waals surface area contributed by atoms with Gasteiger partial charge in [0.1, 0.15) is 0 Å². The Balaban J connectivity index is 1.98. The topological polar surface area (TPSA) is 69.6 Å². The maximum atomic E-state index is 12.3. The molecular formula is C15H24N2O3S. The highest BCUT2D eigenvalue weighted by Gasteiger charge is 2.27. The van der Waals surface area contributed by atoms with Gasteiger partial charge in [0.25, 0.3) is 0 Å². The van der Waals surface area contributed by atoms with Crippen LogP contribution in [-0.4, -0.2) is 44.6 Å². The van der Waals surface area contributed by atoms with Crippen molar-refractivity contribution in [2.45, 2.75) is 31.7 Å². The highest BCUT2D eigenvalue weighted by Crippen LogP contribution is 2.17. The van der Waals surface area contributed by atoms with Gasteiger partial charge in [-0.25, -0.2) is 13.1 Å². The van der Waals surface area contributed by atoms with Gasteiger partial charge in [-0.05, 0) is 37.1 Å². The molecule has 1 aliphatic heterocycles. The molecule has 0 spiro atoms. The summed E-state index contributed by atoms with van der Waals surface area (Å²) < 4.78 is 27.4. The predicted octanol–water partition coefficient (Wildman–Crippen LogP) is 0.938. The van der Waals surface area contributed by atoms with Crippen molar-refractivity contribution in [3.05, 3.63) is 35.4 Å². The Morgan fingerprint density at radius 3 is 2.48 bits per heavy atom. The molecule has 2 unspecified atom stereocenters. The number of hydrogen-bond acceptors (Lipinski definition) is 4. The van der Waals surface area contributed by atoms with Crippen LogP contribution in [0.15, 0.2) is 24.3 Å². The van der Waals surface area contributed by atoms with Crippen LogP contribution in [0.2, 0.25) is 0 Å². The summed E-state index contributed by atoms with van der Waals surface area (Å²) in [4.78, 5) is 2.23. The maximum Gasteiger partial charge on any atom is 0.216 e. The Kier molecular flexibility index (Phi) is 5.37. The molecule has 1 fully saturated rings. The minimum atomic E-state index is -3.34. The second kappa shape index (κ2) is 6.87. The van der Waals surface area contributed by atoms with Crippen molar-refractivity contribution in [1.82, 2.24) is 9.62 Å². The third kappa shape index (κ3) is 4.78. The van der Waals surface area contributed by atoms with E-state index in [1.165, 1.54) is 0 Å². The molecule has 2 atom stereocenters. The molecule has 1 aliphatic rings. The lowest BCUT2D eigenvalue weighted by atomic mass is 9.95. The number of aliphatic hydroxyl groups excluding tert-OH is 1. The molecule has 0 aliphatic carbocycles. The van der Waals surface area contributed by atoms with Gasteiger partial charge >= 0.3 is 0 Å². The minimum absolute atomic E-state index is 0.0161. The molecular weight excluding hydrogens is 288 g/mol. The zero-order valence-electron chi connectivity index (χ0n) is 12.6. The van der Waals surface area contributed by atoms with Crippen molar-refractivity contribution in [2.24, 2.45) is 5.92 Å². The molecule has 0 amide bonds. The van der Waals surface area contributed by atoms with Gasteiger partial charge in [-0.2, -0.15) is 0 Å². The second-order valence-electron chi connectivity index (χ2n) is 5.99. The lowest BCUT2D eigenvalue weighted by Gasteiger charge is -2.34. The van der Waals surface area contributed by atoms with E-state index in [-0.39, 0.29) is 18.4 Å². The van der Waals surface area contributed by atoms with Crippen molar-refractivity contribution in [2.75, 3.05) is 20.1 Å². The van der Waals surface area contributed by atoms with Crippen molar-refractivity contribution in [1.29, 1.82) is 0 Å². The van der Waals surface area contributed by atoms with Crippen molar-refractivity contribution >= 4 is 10.0 Å². The van der Waals surface area contributed by atoms with E-state index in [1.807, 2.05) is 0 Å². The largest absolute Gasteiger partial charge is 0.392 e. The van der Waals surface area contributed by atoms with Gasteiger partial charge in [0.2, 0.25) is 10.0 Å². The van der Waals surface area contributed by atoms with Crippen LogP contribution in [0.5, 0.6) is 0 Å². The predicted molar refractivity (Wildman–Crippen MR) is 83.2 cm³/mol. The van der Waals surface area contributed by atoms with E-state index in [9.17, 15) is 8.42 Å². The van der Waals surface area contributed by atoms with Crippen molar-refractivity contribution in [3.63, 3.8) is 0 Å². The first-order chi connectivity index (χ1) is 9.89. The molecule has 0 saturated carbocycles. The first kappa shape index (κ1) is 16.4. The summed E-state index contributed by atoms with van der Waals surface area (Å²) in [6, 6.07) is 7.03. The fourth-order valence-electron chi connectivity index (χ4n) is 2.76. The van der Waals surface area contributed by atoms with E-state index in [4.69, 9.17) is 5.11 Å². The fraction of sp³-hybridized carbons (Fsp3) is 0.600. The molecule has 0 bridgehead atoms. The number of nitrogens with zero attached hydrogens (tertiary/aromatic N) is 1. The lowest BCUT2D eigenvalue weighted by Crippen LogP contribution is -2.49. The number of nitrogens with one attached hydrogen (secondary N) is 1. The summed E-state index contributed by atoms with van der Waals surface area (Å²) >= 11 is 0. The Bertz CT molecular complexity index is 557. The van der Waals surface area contributed by atoms with Crippen molar-refractivity contribution in [3.8, 4) is 0 Å². The number of aliphatic hydroxyl groups is 1.